The Morgan fingerprint density at radius 3 is 2.63 bits per heavy atom. The Labute approximate surface area is 108 Å². The number of carboxylic acids is 1. The zero-order chi connectivity index (χ0) is 14.0. The first-order valence-corrected chi connectivity index (χ1v) is 5.41. The van der Waals surface area contributed by atoms with Gasteiger partial charge in [-0.3, -0.25) is 4.79 Å². The molecule has 6 heteroatoms. The summed E-state index contributed by atoms with van der Waals surface area (Å²) in [6, 6.07) is 5.62. The number of hydrogen-bond donors (Lipinski definition) is 3. The van der Waals surface area contributed by atoms with Crippen molar-refractivity contribution in [1.29, 1.82) is 0 Å². The first-order chi connectivity index (χ1) is 8.99. The van der Waals surface area contributed by atoms with E-state index in [-0.39, 0.29) is 16.8 Å². The van der Waals surface area contributed by atoms with E-state index >= 15 is 0 Å². The molecule has 0 saturated carbocycles. The SMILES string of the molecule is Cc1cc(C(=O)Nc2cccc(C(=O)O)c2O)co1. The average Bonchev–Trinajstić information content (AvgIpc) is 2.78. The quantitative estimate of drug-likeness (QED) is 0.736. The van der Waals surface area contributed by atoms with Crippen LogP contribution in [0.2, 0.25) is 0 Å². The highest BCUT2D eigenvalue weighted by atomic mass is 16.4. The predicted octanol–water partition coefficient (Wildman–Crippen LogP) is 2.24. The molecule has 2 rings (SSSR count). The largest absolute Gasteiger partial charge is 0.505 e. The van der Waals surface area contributed by atoms with Gasteiger partial charge in [0.05, 0.1) is 11.3 Å². The van der Waals surface area contributed by atoms with Gasteiger partial charge in [0.2, 0.25) is 0 Å². The van der Waals surface area contributed by atoms with E-state index in [1.807, 2.05) is 0 Å². The third kappa shape index (κ3) is 2.57. The molecular weight excluding hydrogens is 250 g/mol. The van der Waals surface area contributed by atoms with Gasteiger partial charge in [0.15, 0.2) is 5.75 Å². The molecule has 0 radical (unpaired) electrons. The van der Waals surface area contributed by atoms with Crippen molar-refractivity contribution in [2.24, 2.45) is 0 Å². The van der Waals surface area contributed by atoms with E-state index in [0.717, 1.165) is 0 Å². The molecule has 2 aromatic rings. The number of aromatic hydroxyl groups is 1. The van der Waals surface area contributed by atoms with Gasteiger partial charge in [0.1, 0.15) is 17.6 Å². The van der Waals surface area contributed by atoms with Gasteiger partial charge >= 0.3 is 5.97 Å². The maximum Gasteiger partial charge on any atom is 0.339 e. The first kappa shape index (κ1) is 12.7. The van der Waals surface area contributed by atoms with E-state index < -0.39 is 17.6 Å². The molecule has 3 N–H and O–H groups in total. The van der Waals surface area contributed by atoms with E-state index in [0.29, 0.717) is 5.76 Å². The lowest BCUT2D eigenvalue weighted by Crippen LogP contribution is -2.11. The molecule has 98 valence electrons. The molecule has 0 aliphatic carbocycles. The highest BCUT2D eigenvalue weighted by Crippen LogP contribution is 2.27. The van der Waals surface area contributed by atoms with Crippen LogP contribution in [0, 0.1) is 6.92 Å². The summed E-state index contributed by atoms with van der Waals surface area (Å²) in [4.78, 5) is 22.7. The second-order valence-corrected chi connectivity index (χ2v) is 3.91. The summed E-state index contributed by atoms with van der Waals surface area (Å²) in [5, 5.41) is 21.0. The van der Waals surface area contributed by atoms with Crippen LogP contribution in [0.25, 0.3) is 0 Å². The van der Waals surface area contributed by atoms with Crippen LogP contribution >= 0.6 is 0 Å². The minimum absolute atomic E-state index is 0.0313. The standard InChI is InChI=1S/C13H11NO5/c1-7-5-8(6-19-7)12(16)14-10-4-2-3-9(11(10)15)13(17)18/h2-6,15H,1H3,(H,14,16)(H,17,18). The number of phenols is 1. The zero-order valence-corrected chi connectivity index (χ0v) is 10.0. The molecule has 0 spiro atoms. The van der Waals surface area contributed by atoms with Gasteiger partial charge in [-0.1, -0.05) is 6.07 Å². The van der Waals surface area contributed by atoms with Gasteiger partial charge in [-0.2, -0.15) is 0 Å². The summed E-state index contributed by atoms with van der Waals surface area (Å²) < 4.78 is 5.00. The molecule has 0 atom stereocenters. The number of anilines is 1. The Morgan fingerprint density at radius 2 is 2.05 bits per heavy atom. The fraction of sp³-hybridized carbons (Fsp3) is 0.0769. The van der Waals surface area contributed by atoms with Crippen molar-refractivity contribution in [2.75, 3.05) is 5.32 Å². The highest BCUT2D eigenvalue weighted by molar-refractivity contribution is 6.06. The van der Waals surface area contributed by atoms with Crippen LogP contribution in [0.3, 0.4) is 0 Å². The molecule has 0 bridgehead atoms. The van der Waals surface area contributed by atoms with Crippen molar-refractivity contribution in [1.82, 2.24) is 0 Å². The summed E-state index contributed by atoms with van der Waals surface area (Å²) in [6.07, 6.45) is 1.28. The third-order valence-electron chi connectivity index (χ3n) is 2.51. The molecule has 1 aromatic heterocycles. The molecule has 0 aliphatic rings. The van der Waals surface area contributed by atoms with Gasteiger partial charge in [-0.25, -0.2) is 4.79 Å². The van der Waals surface area contributed by atoms with Gasteiger partial charge < -0.3 is 19.9 Å². The number of aromatic carboxylic acids is 1. The number of aryl methyl sites for hydroxylation is 1. The Bertz CT molecular complexity index is 644. The van der Waals surface area contributed by atoms with E-state index in [9.17, 15) is 14.7 Å². The van der Waals surface area contributed by atoms with Crippen LogP contribution in [0.15, 0.2) is 34.9 Å². The van der Waals surface area contributed by atoms with Gasteiger partial charge in [0.25, 0.3) is 5.91 Å². The van der Waals surface area contributed by atoms with Crippen LogP contribution in [-0.4, -0.2) is 22.1 Å². The highest BCUT2D eigenvalue weighted by Gasteiger charge is 2.16. The number of nitrogens with one attached hydrogen (secondary N) is 1. The lowest BCUT2D eigenvalue weighted by atomic mass is 10.1. The van der Waals surface area contributed by atoms with E-state index in [1.54, 1.807) is 6.92 Å². The van der Waals surface area contributed by atoms with Gasteiger partial charge in [-0.15, -0.1) is 0 Å². The lowest BCUT2D eigenvalue weighted by Gasteiger charge is -2.07. The maximum atomic E-state index is 11.8. The van der Waals surface area contributed by atoms with Gasteiger partial charge in [0, 0.05) is 0 Å². The van der Waals surface area contributed by atoms with Crippen molar-refractivity contribution in [3.8, 4) is 5.75 Å². The molecule has 1 heterocycles. The van der Waals surface area contributed by atoms with Crippen molar-refractivity contribution in [3.63, 3.8) is 0 Å². The summed E-state index contributed by atoms with van der Waals surface area (Å²) in [6.45, 7) is 1.69. The number of para-hydroxylation sites is 1. The molecule has 19 heavy (non-hydrogen) atoms. The molecule has 0 saturated heterocycles. The zero-order valence-electron chi connectivity index (χ0n) is 10.0. The Kier molecular flexibility index (Phi) is 3.24. The number of amides is 1. The van der Waals surface area contributed by atoms with Crippen molar-refractivity contribution in [3.05, 3.63) is 47.4 Å². The molecule has 1 aromatic carbocycles. The smallest absolute Gasteiger partial charge is 0.339 e. The average molecular weight is 261 g/mol. The number of benzene rings is 1. The van der Waals surface area contributed by atoms with Crippen molar-refractivity contribution < 1.29 is 24.2 Å². The fourth-order valence-corrected chi connectivity index (χ4v) is 1.57. The van der Waals surface area contributed by atoms with Crippen LogP contribution in [0.5, 0.6) is 5.75 Å². The molecular formula is C13H11NO5. The Balaban J connectivity index is 2.27. The fourth-order valence-electron chi connectivity index (χ4n) is 1.57. The lowest BCUT2D eigenvalue weighted by molar-refractivity contribution is 0.0693. The molecule has 0 fully saturated rings. The minimum Gasteiger partial charge on any atom is -0.505 e. The Hall–Kier alpha value is -2.76. The molecule has 0 unspecified atom stereocenters. The van der Waals surface area contributed by atoms with Crippen LogP contribution in [-0.2, 0) is 0 Å². The number of carbonyl (C=O) groups is 2. The summed E-state index contributed by atoms with van der Waals surface area (Å²) in [7, 11) is 0. The predicted molar refractivity (Wildman–Crippen MR) is 66.5 cm³/mol. The summed E-state index contributed by atoms with van der Waals surface area (Å²) >= 11 is 0. The first-order valence-electron chi connectivity index (χ1n) is 5.41. The second kappa shape index (κ2) is 4.85. The van der Waals surface area contributed by atoms with Crippen LogP contribution < -0.4 is 5.32 Å². The summed E-state index contributed by atoms with van der Waals surface area (Å²) in [5.41, 5.74) is 0.0440. The van der Waals surface area contributed by atoms with Crippen LogP contribution in [0.4, 0.5) is 5.69 Å². The van der Waals surface area contributed by atoms with E-state index in [4.69, 9.17) is 9.52 Å². The minimum atomic E-state index is -1.27. The topological polar surface area (TPSA) is 99.8 Å². The third-order valence-corrected chi connectivity index (χ3v) is 2.51. The number of carboxylic acid groups (broad SMARTS) is 1. The van der Waals surface area contributed by atoms with Crippen LogP contribution in [0.1, 0.15) is 26.5 Å². The monoisotopic (exact) mass is 261 g/mol. The number of hydrogen-bond acceptors (Lipinski definition) is 4. The number of rotatable bonds is 3. The second-order valence-electron chi connectivity index (χ2n) is 3.91. The molecule has 0 aliphatic heterocycles. The van der Waals surface area contributed by atoms with E-state index in [2.05, 4.69) is 5.32 Å². The Morgan fingerprint density at radius 1 is 1.32 bits per heavy atom. The molecule has 6 nitrogen and oxygen atoms in total. The maximum absolute atomic E-state index is 11.8. The van der Waals surface area contributed by atoms with Gasteiger partial charge in [-0.05, 0) is 25.1 Å². The summed E-state index contributed by atoms with van der Waals surface area (Å²) in [5.74, 6) is -1.67. The van der Waals surface area contributed by atoms with Crippen molar-refractivity contribution >= 4 is 17.6 Å². The van der Waals surface area contributed by atoms with E-state index in [1.165, 1.54) is 30.5 Å². The van der Waals surface area contributed by atoms with Crippen molar-refractivity contribution in [2.45, 2.75) is 6.92 Å². The number of furan rings is 1. The number of carbonyl (C=O) groups excluding carboxylic acids is 1. The molecule has 1 amide bonds. The normalized spacial score (nSPS) is 10.2.